The number of benzene rings is 1. The molecule has 2 rings (SSSR count). The Kier molecular flexibility index (Phi) is 3.70. The first-order valence-corrected chi connectivity index (χ1v) is 5.19. The molecule has 0 radical (unpaired) electrons. The standard InChI is InChI=1S/C12H11N3O3/c1-17-11-8-7-10(14-15-11)13-12(16)18-9-5-3-2-4-6-9/h2-8H,1H3,(H,13,14,16). The molecule has 0 aliphatic heterocycles. The van der Waals surface area contributed by atoms with Crippen LogP contribution >= 0.6 is 0 Å². The third-order valence-corrected chi connectivity index (χ3v) is 2.03. The van der Waals surface area contributed by atoms with Crippen molar-refractivity contribution >= 4 is 11.9 Å². The summed E-state index contributed by atoms with van der Waals surface area (Å²) >= 11 is 0. The molecular weight excluding hydrogens is 234 g/mol. The lowest BCUT2D eigenvalue weighted by Gasteiger charge is -2.05. The van der Waals surface area contributed by atoms with Crippen LogP contribution in [0.1, 0.15) is 0 Å². The van der Waals surface area contributed by atoms with E-state index in [1.807, 2.05) is 6.07 Å². The number of rotatable bonds is 3. The number of carbonyl (C=O) groups excluding carboxylic acids is 1. The van der Waals surface area contributed by atoms with Gasteiger partial charge in [0.15, 0.2) is 5.82 Å². The first-order chi connectivity index (χ1) is 8.78. The van der Waals surface area contributed by atoms with Crippen molar-refractivity contribution in [2.24, 2.45) is 0 Å². The molecule has 1 amide bonds. The van der Waals surface area contributed by atoms with E-state index in [0.29, 0.717) is 11.6 Å². The fourth-order valence-corrected chi connectivity index (χ4v) is 1.22. The fourth-order valence-electron chi connectivity index (χ4n) is 1.22. The number of hydrogen-bond donors (Lipinski definition) is 1. The van der Waals surface area contributed by atoms with Crippen molar-refractivity contribution in [3.05, 3.63) is 42.5 Å². The minimum atomic E-state index is -0.624. The van der Waals surface area contributed by atoms with Gasteiger partial charge in [-0.2, -0.15) is 0 Å². The van der Waals surface area contributed by atoms with E-state index in [4.69, 9.17) is 9.47 Å². The molecule has 0 aliphatic rings. The second-order valence-corrected chi connectivity index (χ2v) is 3.29. The maximum atomic E-state index is 11.5. The zero-order valence-corrected chi connectivity index (χ0v) is 9.66. The summed E-state index contributed by atoms with van der Waals surface area (Å²) in [7, 11) is 1.49. The van der Waals surface area contributed by atoms with Crippen LogP contribution in [0, 0.1) is 0 Å². The van der Waals surface area contributed by atoms with Gasteiger partial charge in [-0.15, -0.1) is 10.2 Å². The topological polar surface area (TPSA) is 73.3 Å². The summed E-state index contributed by atoms with van der Waals surface area (Å²) in [5.41, 5.74) is 0. The van der Waals surface area contributed by atoms with Gasteiger partial charge in [0, 0.05) is 6.07 Å². The maximum absolute atomic E-state index is 11.5. The number of nitrogens with one attached hydrogen (secondary N) is 1. The molecule has 0 saturated heterocycles. The number of para-hydroxylation sites is 1. The van der Waals surface area contributed by atoms with Crippen LogP contribution in [0.5, 0.6) is 11.6 Å². The quantitative estimate of drug-likeness (QED) is 0.896. The highest BCUT2D eigenvalue weighted by molar-refractivity contribution is 5.84. The van der Waals surface area contributed by atoms with Crippen LogP contribution in [-0.4, -0.2) is 23.4 Å². The number of hydrogen-bond acceptors (Lipinski definition) is 5. The molecule has 0 fully saturated rings. The summed E-state index contributed by atoms with van der Waals surface area (Å²) in [6, 6.07) is 11.9. The Morgan fingerprint density at radius 3 is 2.50 bits per heavy atom. The van der Waals surface area contributed by atoms with Gasteiger partial charge in [-0.3, -0.25) is 5.32 Å². The SMILES string of the molecule is COc1ccc(NC(=O)Oc2ccccc2)nn1. The van der Waals surface area contributed by atoms with Gasteiger partial charge in [0.25, 0.3) is 0 Å². The van der Waals surface area contributed by atoms with Crippen molar-refractivity contribution in [3.8, 4) is 11.6 Å². The number of anilines is 1. The number of carbonyl (C=O) groups is 1. The van der Waals surface area contributed by atoms with Gasteiger partial charge in [-0.05, 0) is 18.2 Å². The minimum Gasteiger partial charge on any atom is -0.480 e. The largest absolute Gasteiger partial charge is 0.480 e. The number of methoxy groups -OCH3 is 1. The van der Waals surface area contributed by atoms with Gasteiger partial charge >= 0.3 is 6.09 Å². The highest BCUT2D eigenvalue weighted by Crippen LogP contribution is 2.11. The predicted molar refractivity (Wildman–Crippen MR) is 64.7 cm³/mol. The van der Waals surface area contributed by atoms with Gasteiger partial charge in [0.1, 0.15) is 5.75 Å². The summed E-state index contributed by atoms with van der Waals surface area (Å²) in [6.45, 7) is 0. The van der Waals surface area contributed by atoms with Gasteiger partial charge < -0.3 is 9.47 Å². The molecule has 92 valence electrons. The van der Waals surface area contributed by atoms with Crippen LogP contribution in [0.3, 0.4) is 0 Å². The molecule has 6 heteroatoms. The molecule has 0 unspecified atom stereocenters. The molecule has 0 spiro atoms. The molecule has 1 aromatic carbocycles. The maximum Gasteiger partial charge on any atom is 0.418 e. The van der Waals surface area contributed by atoms with Crippen LogP contribution in [0.25, 0.3) is 0 Å². The lowest BCUT2D eigenvalue weighted by Crippen LogP contribution is -2.17. The van der Waals surface area contributed by atoms with Gasteiger partial charge in [-0.25, -0.2) is 4.79 Å². The Balaban J connectivity index is 1.94. The second kappa shape index (κ2) is 5.62. The third kappa shape index (κ3) is 3.18. The van der Waals surface area contributed by atoms with Gasteiger partial charge in [0.2, 0.25) is 5.88 Å². The fraction of sp³-hybridized carbons (Fsp3) is 0.0833. The summed E-state index contributed by atoms with van der Waals surface area (Å²) < 4.78 is 9.88. The van der Waals surface area contributed by atoms with Crippen LogP contribution in [0.4, 0.5) is 10.6 Å². The molecule has 0 bridgehead atoms. The van der Waals surface area contributed by atoms with Crippen LogP contribution in [0.2, 0.25) is 0 Å². The Morgan fingerprint density at radius 1 is 1.11 bits per heavy atom. The first kappa shape index (κ1) is 11.8. The number of nitrogens with zero attached hydrogens (tertiary/aromatic N) is 2. The Morgan fingerprint density at radius 2 is 1.89 bits per heavy atom. The lowest BCUT2D eigenvalue weighted by molar-refractivity contribution is 0.215. The molecule has 18 heavy (non-hydrogen) atoms. The lowest BCUT2D eigenvalue weighted by atomic mass is 10.3. The third-order valence-electron chi connectivity index (χ3n) is 2.03. The zero-order valence-electron chi connectivity index (χ0n) is 9.66. The summed E-state index contributed by atoms with van der Waals surface area (Å²) in [5, 5.41) is 9.91. The van der Waals surface area contributed by atoms with Gasteiger partial charge in [0.05, 0.1) is 7.11 Å². The van der Waals surface area contributed by atoms with E-state index in [2.05, 4.69) is 15.5 Å². The van der Waals surface area contributed by atoms with E-state index in [1.54, 1.807) is 36.4 Å². The molecule has 1 N–H and O–H groups in total. The average molecular weight is 245 g/mol. The van der Waals surface area contributed by atoms with Crippen molar-refractivity contribution in [2.75, 3.05) is 12.4 Å². The van der Waals surface area contributed by atoms with E-state index in [-0.39, 0.29) is 5.82 Å². The smallest absolute Gasteiger partial charge is 0.418 e. The summed E-state index contributed by atoms with van der Waals surface area (Å²) in [4.78, 5) is 11.5. The van der Waals surface area contributed by atoms with Crippen molar-refractivity contribution in [2.45, 2.75) is 0 Å². The molecule has 1 aromatic heterocycles. The van der Waals surface area contributed by atoms with E-state index >= 15 is 0 Å². The molecule has 0 aliphatic carbocycles. The van der Waals surface area contributed by atoms with E-state index in [9.17, 15) is 4.79 Å². The van der Waals surface area contributed by atoms with Crippen molar-refractivity contribution in [3.63, 3.8) is 0 Å². The zero-order chi connectivity index (χ0) is 12.8. The van der Waals surface area contributed by atoms with E-state index in [1.165, 1.54) is 7.11 Å². The Bertz CT molecular complexity index is 514. The van der Waals surface area contributed by atoms with Crippen LogP contribution < -0.4 is 14.8 Å². The first-order valence-electron chi connectivity index (χ1n) is 5.19. The minimum absolute atomic E-state index is 0.289. The highest BCUT2D eigenvalue weighted by Gasteiger charge is 2.06. The van der Waals surface area contributed by atoms with Crippen LogP contribution in [-0.2, 0) is 0 Å². The molecule has 0 atom stereocenters. The summed E-state index contributed by atoms with van der Waals surface area (Å²) in [5.74, 6) is 1.12. The molecule has 1 heterocycles. The number of ether oxygens (including phenoxy) is 2. The Labute approximate surface area is 104 Å². The predicted octanol–water partition coefficient (Wildman–Crippen LogP) is 2.10. The van der Waals surface area contributed by atoms with E-state index in [0.717, 1.165) is 0 Å². The van der Waals surface area contributed by atoms with Crippen molar-refractivity contribution in [1.29, 1.82) is 0 Å². The van der Waals surface area contributed by atoms with E-state index < -0.39 is 6.09 Å². The number of amides is 1. The van der Waals surface area contributed by atoms with Crippen molar-refractivity contribution < 1.29 is 14.3 Å². The van der Waals surface area contributed by atoms with Crippen LogP contribution in [0.15, 0.2) is 42.5 Å². The second-order valence-electron chi connectivity index (χ2n) is 3.29. The molecule has 6 nitrogen and oxygen atoms in total. The van der Waals surface area contributed by atoms with Crippen molar-refractivity contribution in [1.82, 2.24) is 10.2 Å². The molecule has 0 saturated carbocycles. The molecule has 2 aromatic rings. The average Bonchev–Trinajstić information content (AvgIpc) is 2.40. The normalized spacial score (nSPS) is 9.61. The monoisotopic (exact) mass is 245 g/mol. The Hall–Kier alpha value is -2.63. The number of aromatic nitrogens is 2. The van der Waals surface area contributed by atoms with Gasteiger partial charge in [-0.1, -0.05) is 18.2 Å². The highest BCUT2D eigenvalue weighted by atomic mass is 16.6. The molecular formula is C12H11N3O3. The summed E-state index contributed by atoms with van der Waals surface area (Å²) in [6.07, 6.45) is -0.624.